The number of amides is 1. The number of aryl methyl sites for hydroxylation is 1. The number of nitrogens with zero attached hydrogens (tertiary/aromatic N) is 4. The monoisotopic (exact) mass is 407 g/mol. The minimum Gasteiger partial charge on any atom is -0.442 e. The summed E-state index contributed by atoms with van der Waals surface area (Å²) in [5.74, 6) is 1.26. The van der Waals surface area contributed by atoms with Crippen LogP contribution in [-0.2, 0) is 6.54 Å². The van der Waals surface area contributed by atoms with E-state index in [0.29, 0.717) is 23.6 Å². The highest BCUT2D eigenvalue weighted by Gasteiger charge is 2.25. The topological polar surface area (TPSA) is 74.5 Å². The third kappa shape index (κ3) is 4.46. The van der Waals surface area contributed by atoms with Gasteiger partial charge in [-0.05, 0) is 38.8 Å². The summed E-state index contributed by atoms with van der Waals surface area (Å²) >= 11 is 0. The molecule has 7 nitrogen and oxygen atoms in total. The highest BCUT2D eigenvalue weighted by Crippen LogP contribution is 2.32. The number of fused-ring (bicyclic) bond motifs is 1. The van der Waals surface area contributed by atoms with Crippen LogP contribution in [0, 0.1) is 6.92 Å². The van der Waals surface area contributed by atoms with E-state index >= 15 is 0 Å². The molecule has 4 rings (SSSR count). The van der Waals surface area contributed by atoms with Crippen LogP contribution in [0.5, 0.6) is 0 Å². The van der Waals surface area contributed by atoms with Gasteiger partial charge in [0.1, 0.15) is 17.9 Å². The Hall–Kier alpha value is -2.93. The normalized spacial score (nSPS) is 14.4. The smallest absolute Gasteiger partial charge is 0.255 e. The summed E-state index contributed by atoms with van der Waals surface area (Å²) in [5.41, 5.74) is 2.29. The first-order valence-corrected chi connectivity index (χ1v) is 10.6. The molecule has 7 heteroatoms. The van der Waals surface area contributed by atoms with Gasteiger partial charge in [-0.1, -0.05) is 30.3 Å². The molecule has 3 heterocycles. The molecule has 2 aromatic heterocycles. The van der Waals surface area contributed by atoms with Crippen molar-refractivity contribution in [2.75, 3.05) is 38.1 Å². The lowest BCUT2D eigenvalue weighted by Crippen LogP contribution is -2.33. The number of hydrogen-bond acceptors (Lipinski definition) is 6. The van der Waals surface area contributed by atoms with E-state index in [1.165, 1.54) is 18.3 Å². The summed E-state index contributed by atoms with van der Waals surface area (Å²) < 4.78 is 5.81. The van der Waals surface area contributed by atoms with Crippen LogP contribution in [0.1, 0.15) is 40.9 Å². The molecule has 0 saturated carbocycles. The number of benzene rings is 1. The number of hydrogen-bond donors (Lipinski definition) is 1. The van der Waals surface area contributed by atoms with E-state index in [1.54, 1.807) is 0 Å². The maximum absolute atomic E-state index is 13.1. The van der Waals surface area contributed by atoms with Gasteiger partial charge in [-0.2, -0.15) is 0 Å². The van der Waals surface area contributed by atoms with Crippen molar-refractivity contribution in [1.82, 2.24) is 20.2 Å². The first-order chi connectivity index (χ1) is 14.6. The summed E-state index contributed by atoms with van der Waals surface area (Å²) in [4.78, 5) is 26.3. The summed E-state index contributed by atoms with van der Waals surface area (Å²) in [6.45, 7) is 5.87. The molecule has 158 valence electrons. The van der Waals surface area contributed by atoms with Crippen LogP contribution in [0.3, 0.4) is 0 Å². The molecule has 0 unspecified atom stereocenters. The van der Waals surface area contributed by atoms with Crippen molar-refractivity contribution in [1.29, 1.82) is 0 Å². The molecule has 0 aliphatic carbocycles. The molecule has 0 spiro atoms. The Morgan fingerprint density at radius 3 is 2.70 bits per heavy atom. The van der Waals surface area contributed by atoms with Crippen LogP contribution in [0.15, 0.2) is 41.1 Å². The van der Waals surface area contributed by atoms with Crippen molar-refractivity contribution >= 4 is 22.8 Å². The van der Waals surface area contributed by atoms with E-state index in [0.717, 1.165) is 50.2 Å². The summed E-state index contributed by atoms with van der Waals surface area (Å²) in [7, 11) is 2.06. The second-order valence-corrected chi connectivity index (χ2v) is 7.94. The highest BCUT2D eigenvalue weighted by molar-refractivity contribution is 6.10. The van der Waals surface area contributed by atoms with Crippen molar-refractivity contribution in [3.05, 3.63) is 53.5 Å². The van der Waals surface area contributed by atoms with E-state index in [9.17, 15) is 4.79 Å². The van der Waals surface area contributed by atoms with Gasteiger partial charge in [0.2, 0.25) is 5.71 Å². The Bertz CT molecular complexity index is 996. The Kier molecular flexibility index (Phi) is 6.28. The fraction of sp³-hybridized carbons (Fsp3) is 0.435. The zero-order valence-electron chi connectivity index (χ0n) is 17.7. The van der Waals surface area contributed by atoms with Crippen LogP contribution in [-0.4, -0.2) is 54.0 Å². The molecule has 3 aromatic rings. The van der Waals surface area contributed by atoms with E-state index in [2.05, 4.69) is 44.3 Å². The fourth-order valence-electron chi connectivity index (χ4n) is 4.07. The molecule has 1 aromatic carbocycles. The number of rotatable bonds is 7. The lowest BCUT2D eigenvalue weighted by molar-refractivity contribution is 0.0949. The Balaban J connectivity index is 1.45. The van der Waals surface area contributed by atoms with Gasteiger partial charge in [-0.3, -0.25) is 4.79 Å². The molecule has 1 N–H and O–H groups in total. The first-order valence-electron chi connectivity index (χ1n) is 10.6. The van der Waals surface area contributed by atoms with Crippen LogP contribution >= 0.6 is 0 Å². The largest absolute Gasteiger partial charge is 0.442 e. The predicted octanol–water partition coefficient (Wildman–Crippen LogP) is 3.38. The number of likely N-dealkylation sites (N-methyl/N-ethyl adjacent to an activating group) is 1. The van der Waals surface area contributed by atoms with Crippen LogP contribution < -0.4 is 10.2 Å². The van der Waals surface area contributed by atoms with Crippen LogP contribution in [0.4, 0.5) is 5.82 Å². The van der Waals surface area contributed by atoms with Gasteiger partial charge in [0.05, 0.1) is 10.9 Å². The minimum atomic E-state index is -0.132. The summed E-state index contributed by atoms with van der Waals surface area (Å²) in [6, 6.07) is 10.3. The Morgan fingerprint density at radius 1 is 1.17 bits per heavy atom. The Labute approximate surface area is 177 Å². The average molecular weight is 408 g/mol. The molecule has 1 amide bonds. The van der Waals surface area contributed by atoms with Crippen molar-refractivity contribution in [2.24, 2.45) is 0 Å². The number of furan rings is 1. The summed E-state index contributed by atoms with van der Waals surface area (Å²) in [6.07, 6.45) is 5.03. The summed E-state index contributed by atoms with van der Waals surface area (Å²) in [5, 5.41) is 3.78. The molecule has 1 fully saturated rings. The van der Waals surface area contributed by atoms with Gasteiger partial charge in [0, 0.05) is 32.7 Å². The molecule has 0 atom stereocenters. The van der Waals surface area contributed by atoms with Gasteiger partial charge in [-0.25, -0.2) is 9.97 Å². The molecular formula is C23H29N5O2. The molecule has 0 radical (unpaired) electrons. The maximum Gasteiger partial charge on any atom is 0.255 e. The van der Waals surface area contributed by atoms with Gasteiger partial charge < -0.3 is 19.5 Å². The van der Waals surface area contributed by atoms with Gasteiger partial charge >= 0.3 is 0 Å². The fourth-order valence-corrected chi connectivity index (χ4v) is 4.07. The number of piperidine rings is 1. The second-order valence-electron chi connectivity index (χ2n) is 7.94. The Morgan fingerprint density at radius 2 is 1.93 bits per heavy atom. The van der Waals surface area contributed by atoms with Crippen LogP contribution in [0.25, 0.3) is 11.1 Å². The van der Waals surface area contributed by atoms with Gasteiger partial charge in [-0.15, -0.1) is 0 Å². The number of anilines is 1. The third-order valence-electron chi connectivity index (χ3n) is 5.60. The third-order valence-corrected chi connectivity index (χ3v) is 5.60. The number of carbonyl (C=O) groups excluding carboxylic acids is 1. The van der Waals surface area contributed by atoms with Crippen LogP contribution in [0.2, 0.25) is 0 Å². The van der Waals surface area contributed by atoms with E-state index < -0.39 is 0 Å². The second kappa shape index (κ2) is 9.26. The number of carbonyl (C=O) groups is 1. The zero-order valence-corrected chi connectivity index (χ0v) is 17.7. The standard InChI is InChI=1S/C23H29N5O2/c1-17-19(22(29)24-11-14-27(2)15-18-9-5-3-6-10-18)20-21(25-16-26-23(20)30-17)28-12-7-4-8-13-28/h3,5-6,9-10,16H,4,7-8,11-15H2,1-2H3,(H,24,29). The molecule has 30 heavy (non-hydrogen) atoms. The van der Waals surface area contributed by atoms with Crippen molar-refractivity contribution in [3.63, 3.8) is 0 Å². The lowest BCUT2D eigenvalue weighted by Gasteiger charge is -2.28. The average Bonchev–Trinajstić information content (AvgIpc) is 3.11. The quantitative estimate of drug-likeness (QED) is 0.647. The molecule has 0 bridgehead atoms. The number of nitrogens with one attached hydrogen (secondary N) is 1. The molecule has 1 saturated heterocycles. The van der Waals surface area contributed by atoms with E-state index in [4.69, 9.17) is 4.42 Å². The lowest BCUT2D eigenvalue weighted by atomic mass is 10.1. The van der Waals surface area contributed by atoms with Gasteiger partial charge in [0.15, 0.2) is 0 Å². The van der Waals surface area contributed by atoms with E-state index in [1.807, 2.05) is 25.1 Å². The molecule has 1 aliphatic heterocycles. The van der Waals surface area contributed by atoms with Gasteiger partial charge in [0.25, 0.3) is 5.91 Å². The highest BCUT2D eigenvalue weighted by atomic mass is 16.3. The van der Waals surface area contributed by atoms with Crippen molar-refractivity contribution in [3.8, 4) is 0 Å². The maximum atomic E-state index is 13.1. The zero-order chi connectivity index (χ0) is 20.9. The SMILES string of the molecule is Cc1oc2ncnc(N3CCCCC3)c2c1C(=O)NCCN(C)Cc1ccccc1. The first kappa shape index (κ1) is 20.3. The van der Waals surface area contributed by atoms with E-state index in [-0.39, 0.29) is 5.91 Å². The predicted molar refractivity (Wildman–Crippen MR) is 118 cm³/mol. The number of aromatic nitrogens is 2. The molecular weight excluding hydrogens is 378 g/mol. The van der Waals surface area contributed by atoms with Crippen molar-refractivity contribution < 1.29 is 9.21 Å². The minimum absolute atomic E-state index is 0.132. The van der Waals surface area contributed by atoms with Crippen molar-refractivity contribution in [2.45, 2.75) is 32.7 Å². The molecule has 1 aliphatic rings.